The summed E-state index contributed by atoms with van der Waals surface area (Å²) in [7, 11) is 0. The van der Waals surface area contributed by atoms with Gasteiger partial charge < -0.3 is 10.8 Å². The molecule has 0 bridgehead atoms. The van der Waals surface area contributed by atoms with Crippen LogP contribution in [0.25, 0.3) is 0 Å². The maximum Gasteiger partial charge on any atom is 0.312 e. The van der Waals surface area contributed by atoms with E-state index in [0.29, 0.717) is 6.42 Å². The van der Waals surface area contributed by atoms with E-state index in [9.17, 15) is 15.2 Å². The van der Waals surface area contributed by atoms with Crippen molar-refractivity contribution in [1.29, 1.82) is 5.26 Å². The smallest absolute Gasteiger partial charge is 0.312 e. The van der Waals surface area contributed by atoms with E-state index in [1.807, 2.05) is 19.9 Å². The third-order valence-corrected chi connectivity index (χ3v) is 2.57. The average Bonchev–Trinajstić information content (AvgIpc) is 2.27. The molecule has 0 heterocycles. The molecule has 3 N–H and O–H groups in total. The Morgan fingerprint density at radius 1 is 1.53 bits per heavy atom. The molecule has 0 saturated heterocycles. The van der Waals surface area contributed by atoms with Gasteiger partial charge in [0.25, 0.3) is 0 Å². The van der Waals surface area contributed by atoms with Crippen molar-refractivity contribution in [2.75, 3.05) is 0 Å². The zero-order valence-electron chi connectivity index (χ0n) is 10.7. The zero-order valence-corrected chi connectivity index (χ0v) is 11.5. The fraction of sp³-hybridized carbons (Fsp3) is 0.417. The van der Waals surface area contributed by atoms with Crippen LogP contribution in [-0.4, -0.2) is 10.0 Å². The highest BCUT2D eigenvalue weighted by Crippen LogP contribution is 2.35. The van der Waals surface area contributed by atoms with Crippen LogP contribution in [0.5, 0.6) is 5.75 Å². The predicted molar refractivity (Wildman–Crippen MR) is 73.1 cm³/mol. The van der Waals surface area contributed by atoms with Gasteiger partial charge in [-0.1, -0.05) is 13.8 Å². The second-order valence-corrected chi connectivity index (χ2v) is 4.54. The molecule has 19 heavy (non-hydrogen) atoms. The second kappa shape index (κ2) is 6.92. The number of rotatable bonds is 4. The lowest BCUT2D eigenvalue weighted by Crippen LogP contribution is -2.13. The molecule has 1 aromatic carbocycles. The van der Waals surface area contributed by atoms with Crippen molar-refractivity contribution in [3.8, 4) is 11.8 Å². The number of phenolic OH excluding ortho intramolecular Hbond substituents is 1. The molecular weight excluding hydrogens is 270 g/mol. The molecule has 0 aliphatic carbocycles. The molecule has 6 nitrogen and oxygen atoms in total. The molecule has 0 aliphatic rings. The zero-order chi connectivity index (χ0) is 13.9. The Labute approximate surface area is 117 Å². The normalized spacial score (nSPS) is 11.5. The van der Waals surface area contributed by atoms with Crippen LogP contribution < -0.4 is 5.73 Å². The van der Waals surface area contributed by atoms with Gasteiger partial charge in [0.05, 0.1) is 16.6 Å². The van der Waals surface area contributed by atoms with Gasteiger partial charge >= 0.3 is 5.69 Å². The molecule has 1 atom stereocenters. The van der Waals surface area contributed by atoms with Crippen LogP contribution >= 0.6 is 12.4 Å². The Kier molecular flexibility index (Phi) is 6.25. The highest BCUT2D eigenvalue weighted by atomic mass is 35.5. The SMILES string of the molecule is CC(C)C[C@@H](N)c1cc(C#N)cc([N+](=O)[O-])c1O.Cl. The molecule has 104 valence electrons. The number of nitrogens with zero attached hydrogens (tertiary/aromatic N) is 2. The van der Waals surface area contributed by atoms with Crippen molar-refractivity contribution in [3.05, 3.63) is 33.4 Å². The largest absolute Gasteiger partial charge is 0.502 e. The maximum absolute atomic E-state index is 10.8. The predicted octanol–water partition coefficient (Wildman–Crippen LogP) is 2.64. The monoisotopic (exact) mass is 285 g/mol. The minimum absolute atomic E-state index is 0. The van der Waals surface area contributed by atoms with E-state index in [-0.39, 0.29) is 29.5 Å². The molecular formula is C12H16ClN3O3. The Bertz CT molecular complexity index is 512. The summed E-state index contributed by atoms with van der Waals surface area (Å²) in [6, 6.07) is 3.74. The van der Waals surface area contributed by atoms with Gasteiger partial charge in [-0.2, -0.15) is 5.26 Å². The molecule has 0 aromatic heterocycles. The lowest BCUT2D eigenvalue weighted by molar-refractivity contribution is -0.386. The van der Waals surface area contributed by atoms with Crippen LogP contribution in [0.2, 0.25) is 0 Å². The van der Waals surface area contributed by atoms with E-state index in [2.05, 4.69) is 0 Å². The third kappa shape index (κ3) is 4.09. The van der Waals surface area contributed by atoms with Crippen LogP contribution in [-0.2, 0) is 0 Å². The van der Waals surface area contributed by atoms with Crippen LogP contribution in [0.15, 0.2) is 12.1 Å². The molecule has 0 spiro atoms. The summed E-state index contributed by atoms with van der Waals surface area (Å²) in [5.74, 6) is -0.170. The quantitative estimate of drug-likeness (QED) is 0.652. The first-order valence-corrected chi connectivity index (χ1v) is 5.53. The Morgan fingerprint density at radius 3 is 2.53 bits per heavy atom. The number of nitrogens with two attached hydrogens (primary N) is 1. The molecule has 0 radical (unpaired) electrons. The topological polar surface area (TPSA) is 113 Å². The first-order chi connectivity index (χ1) is 8.36. The number of halogens is 1. The van der Waals surface area contributed by atoms with Gasteiger partial charge in [0, 0.05) is 17.7 Å². The van der Waals surface area contributed by atoms with Crippen molar-refractivity contribution < 1.29 is 10.0 Å². The average molecular weight is 286 g/mol. The number of nitriles is 1. The van der Waals surface area contributed by atoms with E-state index in [1.165, 1.54) is 6.07 Å². The fourth-order valence-corrected chi connectivity index (χ4v) is 1.76. The standard InChI is InChI=1S/C12H15N3O3.ClH/c1-7(2)3-10(14)9-4-8(6-13)5-11(12(9)16)15(17)18;/h4-5,7,10,16H,3,14H2,1-2H3;1H/t10-;/m1./s1. The highest BCUT2D eigenvalue weighted by molar-refractivity contribution is 5.85. The molecule has 0 amide bonds. The minimum atomic E-state index is -0.720. The van der Waals surface area contributed by atoms with E-state index < -0.39 is 22.4 Å². The highest BCUT2D eigenvalue weighted by Gasteiger charge is 2.23. The van der Waals surface area contributed by atoms with Crippen LogP contribution in [0.4, 0.5) is 5.69 Å². The number of nitro benzene ring substituents is 1. The summed E-state index contributed by atoms with van der Waals surface area (Å²) >= 11 is 0. The van der Waals surface area contributed by atoms with Gasteiger partial charge in [0.2, 0.25) is 0 Å². The van der Waals surface area contributed by atoms with Crippen molar-refractivity contribution in [2.24, 2.45) is 11.7 Å². The number of hydrogen-bond donors (Lipinski definition) is 2. The number of nitro groups is 1. The Balaban J connectivity index is 0.00000324. The van der Waals surface area contributed by atoms with Crippen LogP contribution in [0.1, 0.15) is 37.4 Å². The maximum atomic E-state index is 10.8. The van der Waals surface area contributed by atoms with Crippen LogP contribution in [0.3, 0.4) is 0 Å². The number of phenols is 1. The van der Waals surface area contributed by atoms with Gasteiger partial charge in [-0.05, 0) is 18.4 Å². The van der Waals surface area contributed by atoms with Gasteiger partial charge in [-0.3, -0.25) is 10.1 Å². The third-order valence-electron chi connectivity index (χ3n) is 2.57. The van der Waals surface area contributed by atoms with Crippen LogP contribution in [0, 0.1) is 27.4 Å². The molecule has 0 saturated carbocycles. The first-order valence-electron chi connectivity index (χ1n) is 5.53. The molecule has 0 unspecified atom stereocenters. The Morgan fingerprint density at radius 2 is 2.11 bits per heavy atom. The van der Waals surface area contributed by atoms with E-state index in [4.69, 9.17) is 11.0 Å². The number of benzene rings is 1. The molecule has 1 aromatic rings. The summed E-state index contributed by atoms with van der Waals surface area (Å²) in [5.41, 5.74) is 5.78. The number of hydrogen-bond acceptors (Lipinski definition) is 5. The van der Waals surface area contributed by atoms with Crippen molar-refractivity contribution in [3.63, 3.8) is 0 Å². The summed E-state index contributed by atoms with van der Waals surface area (Å²) < 4.78 is 0. The summed E-state index contributed by atoms with van der Waals surface area (Å²) in [6.45, 7) is 3.92. The van der Waals surface area contributed by atoms with Gasteiger partial charge in [0.1, 0.15) is 0 Å². The van der Waals surface area contributed by atoms with Crippen molar-refractivity contribution >= 4 is 18.1 Å². The summed E-state index contributed by atoms with van der Waals surface area (Å²) in [6.07, 6.45) is 0.569. The molecule has 1 rings (SSSR count). The minimum Gasteiger partial charge on any atom is -0.502 e. The van der Waals surface area contributed by atoms with Gasteiger partial charge in [-0.25, -0.2) is 0 Å². The molecule has 0 fully saturated rings. The second-order valence-electron chi connectivity index (χ2n) is 4.54. The van der Waals surface area contributed by atoms with Crippen molar-refractivity contribution in [2.45, 2.75) is 26.3 Å². The molecule has 0 aliphatic heterocycles. The van der Waals surface area contributed by atoms with Gasteiger partial charge in [-0.15, -0.1) is 12.4 Å². The summed E-state index contributed by atoms with van der Waals surface area (Å²) in [5, 5.41) is 29.4. The fourth-order valence-electron chi connectivity index (χ4n) is 1.76. The summed E-state index contributed by atoms with van der Waals surface area (Å²) in [4.78, 5) is 10.1. The Hall–Kier alpha value is -1.84. The lowest BCUT2D eigenvalue weighted by atomic mass is 9.95. The van der Waals surface area contributed by atoms with E-state index in [1.54, 1.807) is 0 Å². The molecule has 7 heteroatoms. The van der Waals surface area contributed by atoms with Crippen molar-refractivity contribution in [1.82, 2.24) is 0 Å². The lowest BCUT2D eigenvalue weighted by Gasteiger charge is -2.16. The van der Waals surface area contributed by atoms with Gasteiger partial charge in [0.15, 0.2) is 5.75 Å². The van der Waals surface area contributed by atoms with E-state index >= 15 is 0 Å². The number of aromatic hydroxyl groups is 1. The first kappa shape index (κ1) is 17.2. The van der Waals surface area contributed by atoms with E-state index in [0.717, 1.165) is 6.07 Å².